The minimum Gasteiger partial charge on any atom is -0.486 e. The summed E-state index contributed by atoms with van der Waals surface area (Å²) >= 11 is 0. The molecule has 2 fully saturated rings. The Kier molecular flexibility index (Phi) is 7.03. The fourth-order valence-electron chi connectivity index (χ4n) is 3.85. The predicted octanol–water partition coefficient (Wildman–Crippen LogP) is 2.88. The van der Waals surface area contributed by atoms with Gasteiger partial charge in [0, 0.05) is 26.3 Å². The van der Waals surface area contributed by atoms with E-state index in [1.54, 1.807) is 30.3 Å². The minimum atomic E-state index is -1.40. The molecule has 0 bridgehead atoms. The minimum absolute atomic E-state index is 0.0949. The van der Waals surface area contributed by atoms with Gasteiger partial charge < -0.3 is 19.7 Å². The molecule has 2 amide bonds. The summed E-state index contributed by atoms with van der Waals surface area (Å²) in [5, 5.41) is 12.2. The van der Waals surface area contributed by atoms with Gasteiger partial charge in [0.05, 0.1) is 18.0 Å². The van der Waals surface area contributed by atoms with E-state index in [1.807, 2.05) is 0 Å². The number of hydrogen-bond donors (Lipinski definition) is 1. The molecular weight excluding hydrogens is 446 g/mol. The number of halogens is 2. The van der Waals surface area contributed by atoms with Crippen molar-refractivity contribution in [1.82, 2.24) is 9.88 Å². The third-order valence-electron chi connectivity index (χ3n) is 5.87. The molecule has 1 aromatic heterocycles. The second-order valence-electron chi connectivity index (χ2n) is 8.33. The standard InChI is InChI=1S/C24H24F2N4O4/c1-33-13-23(31)30-7-5-21(19(26)12-30)34-20-3-2-14(8-16(20)11-27)15-4-6-28-22(9-15)29-24(32)17-10-18(17)25/h2-4,6,8-9,17-19,21H,5,7,10,12-13H2,1H3,(H,28,29,32)/t17?,18?,19-,21+/m1/s1. The smallest absolute Gasteiger partial charge is 0.248 e. The normalized spacial score (nSPS) is 23.6. The monoisotopic (exact) mass is 470 g/mol. The third-order valence-corrected chi connectivity index (χ3v) is 5.87. The first kappa shape index (κ1) is 23.6. The second kappa shape index (κ2) is 10.1. The number of rotatable bonds is 7. The highest BCUT2D eigenvalue weighted by Crippen LogP contribution is 2.35. The van der Waals surface area contributed by atoms with Crippen LogP contribution in [0.3, 0.4) is 0 Å². The van der Waals surface area contributed by atoms with E-state index in [9.17, 15) is 23.6 Å². The third kappa shape index (κ3) is 5.31. The van der Waals surface area contributed by atoms with Crippen LogP contribution in [0.4, 0.5) is 14.6 Å². The molecule has 1 N–H and O–H groups in total. The molecule has 8 nitrogen and oxygen atoms in total. The highest BCUT2D eigenvalue weighted by molar-refractivity contribution is 5.94. The van der Waals surface area contributed by atoms with Gasteiger partial charge in [0.15, 0.2) is 6.17 Å². The Bertz CT molecular complexity index is 1120. The zero-order chi connectivity index (χ0) is 24.2. The first-order chi connectivity index (χ1) is 16.4. The van der Waals surface area contributed by atoms with Crippen LogP contribution in [-0.4, -0.2) is 67.0 Å². The number of carbonyl (C=O) groups excluding carboxylic acids is 2. The molecule has 4 rings (SSSR count). The fourth-order valence-corrected chi connectivity index (χ4v) is 3.85. The van der Waals surface area contributed by atoms with Crippen molar-refractivity contribution in [2.45, 2.75) is 31.3 Å². The highest BCUT2D eigenvalue weighted by Gasteiger charge is 2.43. The number of nitriles is 1. The van der Waals surface area contributed by atoms with Crippen molar-refractivity contribution >= 4 is 17.6 Å². The number of pyridine rings is 1. The summed E-state index contributed by atoms with van der Waals surface area (Å²) in [6, 6.07) is 10.4. The van der Waals surface area contributed by atoms with Crippen molar-refractivity contribution in [3.05, 3.63) is 42.1 Å². The van der Waals surface area contributed by atoms with E-state index in [0.717, 1.165) is 0 Å². The van der Waals surface area contributed by atoms with Crippen molar-refractivity contribution in [1.29, 1.82) is 5.26 Å². The topological polar surface area (TPSA) is 105 Å². The van der Waals surface area contributed by atoms with Crippen molar-refractivity contribution in [2.75, 3.05) is 32.1 Å². The second-order valence-corrected chi connectivity index (χ2v) is 8.33. The number of nitrogens with one attached hydrogen (secondary N) is 1. The van der Waals surface area contributed by atoms with Crippen LogP contribution in [0, 0.1) is 17.2 Å². The van der Waals surface area contributed by atoms with E-state index in [1.165, 1.54) is 18.2 Å². The van der Waals surface area contributed by atoms with Crippen LogP contribution in [0.1, 0.15) is 18.4 Å². The molecule has 1 saturated heterocycles. The van der Waals surface area contributed by atoms with E-state index >= 15 is 0 Å². The maximum atomic E-state index is 14.7. The average molecular weight is 470 g/mol. The van der Waals surface area contributed by atoms with Gasteiger partial charge in [-0.25, -0.2) is 13.8 Å². The summed E-state index contributed by atoms with van der Waals surface area (Å²) in [5.41, 5.74) is 1.59. The van der Waals surface area contributed by atoms with Crippen molar-refractivity contribution in [2.24, 2.45) is 5.92 Å². The van der Waals surface area contributed by atoms with Crippen LogP contribution >= 0.6 is 0 Å². The molecule has 10 heteroatoms. The summed E-state index contributed by atoms with van der Waals surface area (Å²) in [7, 11) is 1.41. The van der Waals surface area contributed by atoms with Crippen LogP contribution in [0.15, 0.2) is 36.5 Å². The Labute approximate surface area is 195 Å². The van der Waals surface area contributed by atoms with E-state index < -0.39 is 30.3 Å². The Morgan fingerprint density at radius 3 is 2.68 bits per heavy atom. The lowest BCUT2D eigenvalue weighted by molar-refractivity contribution is -0.139. The maximum absolute atomic E-state index is 14.7. The SMILES string of the molecule is COCC(=O)N1CC[C@H](Oc2ccc(-c3ccnc(NC(=O)C4CC4F)c3)cc2C#N)[C@H](F)C1. The number of benzene rings is 1. The van der Waals surface area contributed by atoms with Gasteiger partial charge >= 0.3 is 0 Å². The molecule has 2 aromatic rings. The molecule has 4 atom stereocenters. The number of likely N-dealkylation sites (tertiary alicyclic amines) is 1. The molecule has 34 heavy (non-hydrogen) atoms. The number of alkyl halides is 2. The number of carbonyl (C=O) groups is 2. The average Bonchev–Trinajstić information content (AvgIpc) is 3.57. The van der Waals surface area contributed by atoms with Crippen LogP contribution in [-0.2, 0) is 14.3 Å². The fraction of sp³-hybridized carbons (Fsp3) is 0.417. The molecule has 0 spiro atoms. The number of hydrogen-bond acceptors (Lipinski definition) is 6. The summed E-state index contributed by atoms with van der Waals surface area (Å²) in [5.74, 6) is -0.776. The summed E-state index contributed by atoms with van der Waals surface area (Å²) in [6.45, 7) is 0.140. The molecule has 2 aliphatic rings. The molecule has 0 radical (unpaired) electrons. The first-order valence-electron chi connectivity index (χ1n) is 10.9. The number of methoxy groups -OCH3 is 1. The van der Waals surface area contributed by atoms with Crippen molar-refractivity contribution < 1.29 is 27.8 Å². The number of ether oxygens (including phenoxy) is 2. The van der Waals surface area contributed by atoms with E-state index in [0.29, 0.717) is 17.7 Å². The summed E-state index contributed by atoms with van der Waals surface area (Å²) < 4.78 is 38.4. The molecule has 2 unspecified atom stereocenters. The molecule has 1 aromatic carbocycles. The van der Waals surface area contributed by atoms with E-state index in [4.69, 9.17) is 9.47 Å². The van der Waals surface area contributed by atoms with Gasteiger partial charge in [-0.3, -0.25) is 9.59 Å². The van der Waals surface area contributed by atoms with Gasteiger partial charge in [-0.05, 0) is 41.8 Å². The van der Waals surface area contributed by atoms with Crippen molar-refractivity contribution in [3.63, 3.8) is 0 Å². The van der Waals surface area contributed by atoms with E-state index in [2.05, 4.69) is 16.4 Å². The summed E-state index contributed by atoms with van der Waals surface area (Å²) in [6.07, 6.45) is -1.27. The Morgan fingerprint density at radius 1 is 1.24 bits per heavy atom. The lowest BCUT2D eigenvalue weighted by Crippen LogP contribution is -2.50. The van der Waals surface area contributed by atoms with E-state index in [-0.39, 0.29) is 49.0 Å². The van der Waals surface area contributed by atoms with Gasteiger partial charge in [0.2, 0.25) is 11.8 Å². The van der Waals surface area contributed by atoms with Gasteiger partial charge in [0.25, 0.3) is 0 Å². The molecule has 178 valence electrons. The number of anilines is 1. The number of aromatic nitrogens is 1. The predicted molar refractivity (Wildman–Crippen MR) is 118 cm³/mol. The number of piperidine rings is 1. The largest absolute Gasteiger partial charge is 0.486 e. The summed E-state index contributed by atoms with van der Waals surface area (Å²) in [4.78, 5) is 29.4. The zero-order valence-electron chi connectivity index (χ0n) is 18.5. The molecule has 1 saturated carbocycles. The first-order valence-corrected chi connectivity index (χ1v) is 10.9. The number of amides is 2. The molecule has 1 aliphatic carbocycles. The van der Waals surface area contributed by atoms with Gasteiger partial charge in [-0.1, -0.05) is 6.07 Å². The maximum Gasteiger partial charge on any atom is 0.248 e. The van der Waals surface area contributed by atoms with Gasteiger partial charge in [0.1, 0.15) is 36.5 Å². The lowest BCUT2D eigenvalue weighted by atomic mass is 10.0. The molecule has 2 heterocycles. The Balaban J connectivity index is 1.44. The van der Waals surface area contributed by atoms with Crippen molar-refractivity contribution in [3.8, 4) is 22.9 Å². The zero-order valence-corrected chi connectivity index (χ0v) is 18.5. The number of nitrogens with zero attached hydrogens (tertiary/aromatic N) is 3. The van der Waals surface area contributed by atoms with Crippen LogP contribution < -0.4 is 10.1 Å². The van der Waals surface area contributed by atoms with Gasteiger partial charge in [-0.2, -0.15) is 5.26 Å². The molecule has 1 aliphatic heterocycles. The Morgan fingerprint density at radius 2 is 2.00 bits per heavy atom. The quantitative estimate of drug-likeness (QED) is 0.667. The van der Waals surface area contributed by atoms with Gasteiger partial charge in [-0.15, -0.1) is 0 Å². The lowest BCUT2D eigenvalue weighted by Gasteiger charge is -2.34. The molecular formula is C24H24F2N4O4. The van der Waals surface area contributed by atoms with Crippen LogP contribution in [0.2, 0.25) is 0 Å². The van der Waals surface area contributed by atoms with Crippen LogP contribution in [0.5, 0.6) is 5.75 Å². The van der Waals surface area contributed by atoms with Crippen LogP contribution in [0.25, 0.3) is 11.1 Å². The highest BCUT2D eigenvalue weighted by atomic mass is 19.1. The Hall–Kier alpha value is -3.58.